The number of carbonyl (C=O) groups excluding carboxylic acids is 1. The van der Waals surface area contributed by atoms with Crippen LogP contribution in [-0.2, 0) is 9.53 Å². The van der Waals surface area contributed by atoms with Crippen LogP contribution >= 0.6 is 11.6 Å². The summed E-state index contributed by atoms with van der Waals surface area (Å²) in [5.74, 6) is 0.734. The Morgan fingerprint density at radius 2 is 2.22 bits per heavy atom. The molecule has 0 saturated heterocycles. The molecule has 0 saturated carbocycles. The van der Waals surface area contributed by atoms with E-state index in [1.165, 1.54) is 7.11 Å². The first-order chi connectivity index (χ1) is 8.65. The van der Waals surface area contributed by atoms with Crippen LogP contribution in [0.25, 0.3) is 0 Å². The Hall–Kier alpha value is -1.50. The largest absolute Gasteiger partial charge is 0.454 e. The van der Waals surface area contributed by atoms with E-state index in [1.807, 2.05) is 0 Å². The Bertz CT molecular complexity index is 463. The minimum absolute atomic E-state index is 0.0878. The number of nitrogens with two attached hydrogens (primary N) is 1. The summed E-state index contributed by atoms with van der Waals surface area (Å²) >= 11 is 6.02. The summed E-state index contributed by atoms with van der Waals surface area (Å²) in [5.41, 5.74) is 5.83. The first-order valence-electron chi connectivity index (χ1n) is 5.28. The van der Waals surface area contributed by atoms with Crippen molar-refractivity contribution in [3.8, 4) is 11.5 Å². The molecule has 1 heterocycles. The van der Waals surface area contributed by atoms with Crippen molar-refractivity contribution < 1.29 is 19.0 Å². The molecule has 1 aliphatic rings. The number of carbonyl (C=O) groups is 1. The highest BCUT2D eigenvalue weighted by molar-refractivity contribution is 6.34. The molecule has 6 nitrogen and oxygen atoms in total. The Balaban J connectivity index is 2.17. The number of amides is 1. The lowest BCUT2D eigenvalue weighted by Gasteiger charge is -2.14. The number of ether oxygens (including phenoxy) is 3. The predicted octanol–water partition coefficient (Wildman–Crippen LogP) is 0.981. The second-order valence-electron chi connectivity index (χ2n) is 3.63. The Morgan fingerprint density at radius 3 is 2.83 bits per heavy atom. The number of methoxy groups -OCH3 is 1. The molecule has 3 N–H and O–H groups in total. The molecule has 2 rings (SSSR count). The topological polar surface area (TPSA) is 82.8 Å². The quantitative estimate of drug-likeness (QED) is 0.854. The second-order valence-corrected chi connectivity index (χ2v) is 4.04. The third-order valence-electron chi connectivity index (χ3n) is 2.51. The van der Waals surface area contributed by atoms with Gasteiger partial charge in [0.2, 0.25) is 6.79 Å². The number of benzene rings is 1. The third-order valence-corrected chi connectivity index (χ3v) is 2.82. The highest BCUT2D eigenvalue weighted by Gasteiger charge is 2.20. The summed E-state index contributed by atoms with van der Waals surface area (Å²) in [6.45, 7) is 0.233. The van der Waals surface area contributed by atoms with Gasteiger partial charge in [0.25, 0.3) is 5.91 Å². The van der Waals surface area contributed by atoms with Crippen molar-refractivity contribution in [1.82, 2.24) is 0 Å². The summed E-state index contributed by atoms with van der Waals surface area (Å²) < 4.78 is 15.3. The Labute approximate surface area is 109 Å². The zero-order valence-electron chi connectivity index (χ0n) is 9.73. The van der Waals surface area contributed by atoms with Gasteiger partial charge >= 0.3 is 0 Å². The maximum atomic E-state index is 11.8. The van der Waals surface area contributed by atoms with Crippen molar-refractivity contribution >= 4 is 23.2 Å². The lowest BCUT2D eigenvalue weighted by Crippen LogP contribution is -2.35. The van der Waals surface area contributed by atoms with Crippen LogP contribution in [0.2, 0.25) is 5.02 Å². The molecular weight excluding hydrogens is 260 g/mol. The van der Waals surface area contributed by atoms with E-state index < -0.39 is 6.10 Å². The maximum absolute atomic E-state index is 11.8. The van der Waals surface area contributed by atoms with E-state index in [-0.39, 0.29) is 19.2 Å². The molecular formula is C11H13ClN2O4. The fourth-order valence-electron chi connectivity index (χ4n) is 1.54. The van der Waals surface area contributed by atoms with Crippen LogP contribution < -0.4 is 20.5 Å². The maximum Gasteiger partial charge on any atom is 0.254 e. The smallest absolute Gasteiger partial charge is 0.254 e. The molecule has 7 heteroatoms. The monoisotopic (exact) mass is 272 g/mol. The van der Waals surface area contributed by atoms with Crippen molar-refractivity contribution in [2.45, 2.75) is 6.10 Å². The summed E-state index contributed by atoms with van der Waals surface area (Å²) in [5, 5.41) is 2.99. The van der Waals surface area contributed by atoms with E-state index in [9.17, 15) is 4.79 Å². The van der Waals surface area contributed by atoms with E-state index in [4.69, 9.17) is 31.5 Å². The van der Waals surface area contributed by atoms with Crippen molar-refractivity contribution in [3.63, 3.8) is 0 Å². The highest BCUT2D eigenvalue weighted by Crippen LogP contribution is 2.39. The van der Waals surface area contributed by atoms with Gasteiger partial charge in [-0.15, -0.1) is 0 Å². The van der Waals surface area contributed by atoms with Gasteiger partial charge in [0.15, 0.2) is 11.5 Å². The van der Waals surface area contributed by atoms with Crippen molar-refractivity contribution in [2.75, 3.05) is 25.8 Å². The highest BCUT2D eigenvalue weighted by atomic mass is 35.5. The van der Waals surface area contributed by atoms with E-state index >= 15 is 0 Å². The molecule has 0 aromatic heterocycles. The number of anilines is 1. The van der Waals surface area contributed by atoms with Crippen LogP contribution in [0.15, 0.2) is 12.1 Å². The van der Waals surface area contributed by atoms with E-state index in [1.54, 1.807) is 12.1 Å². The summed E-state index contributed by atoms with van der Waals surface area (Å²) in [4.78, 5) is 11.8. The van der Waals surface area contributed by atoms with Gasteiger partial charge in [0, 0.05) is 25.8 Å². The molecule has 1 aliphatic heterocycles. The van der Waals surface area contributed by atoms with Crippen LogP contribution in [0.1, 0.15) is 0 Å². The normalized spacial score (nSPS) is 14.4. The molecule has 1 unspecified atom stereocenters. The van der Waals surface area contributed by atoms with Crippen LogP contribution in [0.3, 0.4) is 0 Å². The Kier molecular flexibility index (Phi) is 3.90. The molecule has 1 atom stereocenters. The zero-order chi connectivity index (χ0) is 13.1. The average molecular weight is 273 g/mol. The van der Waals surface area contributed by atoms with Gasteiger partial charge in [-0.05, 0) is 0 Å². The van der Waals surface area contributed by atoms with Gasteiger partial charge in [-0.2, -0.15) is 0 Å². The van der Waals surface area contributed by atoms with Gasteiger partial charge in [0.1, 0.15) is 6.10 Å². The number of fused-ring (bicyclic) bond motifs is 1. The third kappa shape index (κ3) is 2.50. The number of hydrogen-bond acceptors (Lipinski definition) is 5. The zero-order valence-corrected chi connectivity index (χ0v) is 10.5. The number of nitrogens with one attached hydrogen (secondary N) is 1. The fourth-order valence-corrected chi connectivity index (χ4v) is 1.74. The molecule has 0 bridgehead atoms. The van der Waals surface area contributed by atoms with E-state index in [0.717, 1.165) is 0 Å². The van der Waals surface area contributed by atoms with Gasteiger partial charge in [-0.3, -0.25) is 4.79 Å². The van der Waals surface area contributed by atoms with E-state index in [0.29, 0.717) is 22.2 Å². The standard InChI is InChI=1S/C11H13ClN2O4/c1-16-10(4-13)11(15)14-7-3-9-8(2-6(7)12)17-5-18-9/h2-3,10H,4-5,13H2,1H3,(H,14,15). The lowest BCUT2D eigenvalue weighted by molar-refractivity contribution is -0.125. The van der Waals surface area contributed by atoms with Gasteiger partial charge in [0.05, 0.1) is 10.7 Å². The molecule has 1 aromatic carbocycles. The first kappa shape index (κ1) is 12.9. The van der Waals surface area contributed by atoms with Crippen LogP contribution in [-0.4, -0.2) is 32.5 Å². The molecule has 1 amide bonds. The van der Waals surface area contributed by atoms with Gasteiger partial charge in [-0.1, -0.05) is 11.6 Å². The first-order valence-corrected chi connectivity index (χ1v) is 5.66. The van der Waals surface area contributed by atoms with Crippen molar-refractivity contribution in [2.24, 2.45) is 5.73 Å². The average Bonchev–Trinajstić information content (AvgIpc) is 2.78. The molecule has 0 aliphatic carbocycles. The fraction of sp³-hybridized carbons (Fsp3) is 0.364. The van der Waals surface area contributed by atoms with Crippen LogP contribution in [0, 0.1) is 0 Å². The molecule has 0 radical (unpaired) electrons. The summed E-state index contributed by atoms with van der Waals surface area (Å²) in [6.07, 6.45) is -0.716. The number of halogens is 1. The van der Waals surface area contributed by atoms with Gasteiger partial charge < -0.3 is 25.3 Å². The van der Waals surface area contributed by atoms with Crippen molar-refractivity contribution in [1.29, 1.82) is 0 Å². The number of hydrogen-bond donors (Lipinski definition) is 2. The minimum Gasteiger partial charge on any atom is -0.454 e. The van der Waals surface area contributed by atoms with E-state index in [2.05, 4.69) is 5.32 Å². The Morgan fingerprint density at radius 1 is 1.56 bits per heavy atom. The predicted molar refractivity (Wildman–Crippen MR) is 66.1 cm³/mol. The van der Waals surface area contributed by atoms with Crippen LogP contribution in [0.4, 0.5) is 5.69 Å². The summed E-state index contributed by atoms with van der Waals surface area (Å²) in [7, 11) is 1.42. The molecule has 0 fully saturated rings. The van der Waals surface area contributed by atoms with Gasteiger partial charge in [-0.25, -0.2) is 0 Å². The summed E-state index contributed by atoms with van der Waals surface area (Å²) in [6, 6.07) is 3.19. The van der Waals surface area contributed by atoms with Crippen LogP contribution in [0.5, 0.6) is 11.5 Å². The SMILES string of the molecule is COC(CN)C(=O)Nc1cc2c(cc1Cl)OCO2. The molecule has 1 aromatic rings. The second kappa shape index (κ2) is 5.43. The lowest BCUT2D eigenvalue weighted by atomic mass is 10.2. The molecule has 0 spiro atoms. The molecule has 98 valence electrons. The molecule has 18 heavy (non-hydrogen) atoms. The minimum atomic E-state index is -0.716. The van der Waals surface area contributed by atoms with Crippen molar-refractivity contribution in [3.05, 3.63) is 17.2 Å². The number of rotatable bonds is 4.